The average molecular weight is 300 g/mol. The standard InChI is InChI=1S/C16H23Cl2N/c1-12(2)11-19-9-5-6-13(3)10-14-15(17)7-4-8-16(14)18/h4,6-8,12,19H,5,9-11H2,1-3H3. The lowest BCUT2D eigenvalue weighted by Gasteiger charge is -2.08. The summed E-state index contributed by atoms with van der Waals surface area (Å²) in [4.78, 5) is 0. The van der Waals surface area contributed by atoms with Gasteiger partial charge < -0.3 is 5.32 Å². The Kier molecular flexibility index (Phi) is 7.52. The molecule has 1 rings (SSSR count). The second kappa shape index (κ2) is 8.63. The van der Waals surface area contributed by atoms with Gasteiger partial charge in [-0.25, -0.2) is 0 Å². The maximum absolute atomic E-state index is 6.17. The lowest BCUT2D eigenvalue weighted by molar-refractivity contribution is 0.556. The van der Waals surface area contributed by atoms with Crippen LogP contribution >= 0.6 is 23.2 Å². The molecule has 0 aliphatic heterocycles. The van der Waals surface area contributed by atoms with E-state index in [2.05, 4.69) is 32.2 Å². The van der Waals surface area contributed by atoms with Crippen LogP contribution in [0.2, 0.25) is 10.0 Å². The third-order valence-corrected chi connectivity index (χ3v) is 3.59. The molecule has 1 aromatic carbocycles. The Bertz CT molecular complexity index is 405. The van der Waals surface area contributed by atoms with Crippen molar-refractivity contribution in [3.05, 3.63) is 45.5 Å². The van der Waals surface area contributed by atoms with Gasteiger partial charge in [-0.3, -0.25) is 0 Å². The van der Waals surface area contributed by atoms with Crippen LogP contribution in [0.4, 0.5) is 0 Å². The van der Waals surface area contributed by atoms with E-state index < -0.39 is 0 Å². The van der Waals surface area contributed by atoms with E-state index in [0.717, 1.165) is 41.5 Å². The molecule has 1 N–H and O–H groups in total. The van der Waals surface area contributed by atoms with Crippen LogP contribution in [0.5, 0.6) is 0 Å². The van der Waals surface area contributed by atoms with Crippen molar-refractivity contribution in [1.29, 1.82) is 0 Å². The average Bonchev–Trinajstić information content (AvgIpc) is 2.33. The molecule has 0 amide bonds. The summed E-state index contributed by atoms with van der Waals surface area (Å²) in [7, 11) is 0. The van der Waals surface area contributed by atoms with Crippen molar-refractivity contribution in [3.8, 4) is 0 Å². The SMILES string of the molecule is CC(=CCCNCC(C)C)Cc1c(Cl)cccc1Cl. The molecule has 0 bridgehead atoms. The summed E-state index contributed by atoms with van der Waals surface area (Å²) in [5.41, 5.74) is 2.33. The summed E-state index contributed by atoms with van der Waals surface area (Å²) < 4.78 is 0. The third kappa shape index (κ3) is 6.47. The van der Waals surface area contributed by atoms with Gasteiger partial charge in [-0.15, -0.1) is 0 Å². The van der Waals surface area contributed by atoms with Gasteiger partial charge in [-0.2, -0.15) is 0 Å². The monoisotopic (exact) mass is 299 g/mol. The largest absolute Gasteiger partial charge is 0.316 e. The lowest BCUT2D eigenvalue weighted by atomic mass is 10.1. The molecule has 0 saturated heterocycles. The molecule has 106 valence electrons. The molecule has 0 aliphatic rings. The van der Waals surface area contributed by atoms with Gasteiger partial charge in [0.05, 0.1) is 0 Å². The van der Waals surface area contributed by atoms with Crippen molar-refractivity contribution >= 4 is 23.2 Å². The number of hydrogen-bond acceptors (Lipinski definition) is 1. The highest BCUT2D eigenvalue weighted by Gasteiger charge is 2.05. The normalized spacial score (nSPS) is 12.2. The molecule has 3 heteroatoms. The minimum absolute atomic E-state index is 0.701. The summed E-state index contributed by atoms with van der Waals surface area (Å²) in [5.74, 6) is 0.701. The van der Waals surface area contributed by atoms with Gasteiger partial charge in [0, 0.05) is 10.0 Å². The van der Waals surface area contributed by atoms with Crippen molar-refractivity contribution in [2.24, 2.45) is 5.92 Å². The van der Waals surface area contributed by atoms with E-state index >= 15 is 0 Å². The van der Waals surface area contributed by atoms with Crippen LogP contribution in [0, 0.1) is 5.92 Å². The molecule has 0 saturated carbocycles. The van der Waals surface area contributed by atoms with Crippen LogP contribution < -0.4 is 5.32 Å². The Morgan fingerprint density at radius 3 is 2.47 bits per heavy atom. The second-order valence-electron chi connectivity index (χ2n) is 5.31. The lowest BCUT2D eigenvalue weighted by Crippen LogP contribution is -2.20. The zero-order valence-electron chi connectivity index (χ0n) is 12.0. The molecule has 19 heavy (non-hydrogen) atoms. The van der Waals surface area contributed by atoms with Gasteiger partial charge in [0.15, 0.2) is 0 Å². The van der Waals surface area contributed by atoms with Crippen LogP contribution in [-0.4, -0.2) is 13.1 Å². The first-order valence-corrected chi connectivity index (χ1v) is 7.55. The molecule has 0 heterocycles. The minimum atomic E-state index is 0.701. The predicted molar refractivity (Wildman–Crippen MR) is 86.2 cm³/mol. The molecule has 0 radical (unpaired) electrons. The fraction of sp³-hybridized carbons (Fsp3) is 0.500. The van der Waals surface area contributed by atoms with E-state index in [1.54, 1.807) is 0 Å². The van der Waals surface area contributed by atoms with Gasteiger partial charge >= 0.3 is 0 Å². The Labute approximate surface area is 127 Å². The molecule has 1 aromatic rings. The zero-order valence-corrected chi connectivity index (χ0v) is 13.5. The summed E-state index contributed by atoms with van der Waals surface area (Å²) in [6, 6.07) is 5.66. The Hall–Kier alpha value is -0.500. The van der Waals surface area contributed by atoms with Crippen molar-refractivity contribution in [1.82, 2.24) is 5.32 Å². The van der Waals surface area contributed by atoms with Crippen molar-refractivity contribution in [2.45, 2.75) is 33.6 Å². The Balaban J connectivity index is 2.44. The molecule has 0 atom stereocenters. The van der Waals surface area contributed by atoms with E-state index in [4.69, 9.17) is 23.2 Å². The number of hydrogen-bond donors (Lipinski definition) is 1. The van der Waals surface area contributed by atoms with Crippen molar-refractivity contribution in [3.63, 3.8) is 0 Å². The third-order valence-electron chi connectivity index (χ3n) is 2.88. The van der Waals surface area contributed by atoms with Gasteiger partial charge in [0.1, 0.15) is 0 Å². The van der Waals surface area contributed by atoms with Crippen LogP contribution in [0.15, 0.2) is 29.8 Å². The predicted octanol–water partition coefficient (Wildman–Crippen LogP) is 5.12. The fourth-order valence-corrected chi connectivity index (χ4v) is 2.39. The van der Waals surface area contributed by atoms with Crippen LogP contribution in [-0.2, 0) is 6.42 Å². The Morgan fingerprint density at radius 2 is 1.89 bits per heavy atom. The Morgan fingerprint density at radius 1 is 1.26 bits per heavy atom. The van der Waals surface area contributed by atoms with E-state index in [1.807, 2.05) is 18.2 Å². The van der Waals surface area contributed by atoms with Crippen LogP contribution in [0.3, 0.4) is 0 Å². The van der Waals surface area contributed by atoms with Crippen molar-refractivity contribution < 1.29 is 0 Å². The molecule has 1 nitrogen and oxygen atoms in total. The molecule has 0 aromatic heterocycles. The van der Waals surface area contributed by atoms with Crippen LogP contribution in [0.1, 0.15) is 32.8 Å². The van der Waals surface area contributed by atoms with Gasteiger partial charge in [0.2, 0.25) is 0 Å². The minimum Gasteiger partial charge on any atom is -0.316 e. The fourth-order valence-electron chi connectivity index (χ4n) is 1.86. The summed E-state index contributed by atoms with van der Waals surface area (Å²) >= 11 is 12.3. The number of allylic oxidation sites excluding steroid dienone is 1. The summed E-state index contributed by atoms with van der Waals surface area (Å²) in [6.45, 7) is 8.65. The first-order valence-electron chi connectivity index (χ1n) is 6.80. The highest BCUT2D eigenvalue weighted by atomic mass is 35.5. The molecular weight excluding hydrogens is 277 g/mol. The maximum Gasteiger partial charge on any atom is 0.0456 e. The highest BCUT2D eigenvalue weighted by molar-refractivity contribution is 6.36. The first-order chi connectivity index (χ1) is 9.00. The maximum atomic E-state index is 6.17. The second-order valence-corrected chi connectivity index (χ2v) is 6.13. The summed E-state index contributed by atoms with van der Waals surface area (Å²) in [5, 5.41) is 4.93. The van der Waals surface area contributed by atoms with E-state index in [9.17, 15) is 0 Å². The molecule has 0 spiro atoms. The zero-order chi connectivity index (χ0) is 14.3. The molecule has 0 fully saturated rings. The topological polar surface area (TPSA) is 12.0 Å². The van der Waals surface area contributed by atoms with Gasteiger partial charge in [-0.1, -0.05) is 54.8 Å². The van der Waals surface area contributed by atoms with E-state index in [0.29, 0.717) is 5.92 Å². The number of benzene rings is 1. The van der Waals surface area contributed by atoms with Gasteiger partial charge in [0.25, 0.3) is 0 Å². The van der Waals surface area contributed by atoms with Gasteiger partial charge in [-0.05, 0) is 56.5 Å². The van der Waals surface area contributed by atoms with Crippen molar-refractivity contribution in [2.75, 3.05) is 13.1 Å². The number of halogens is 2. The highest BCUT2D eigenvalue weighted by Crippen LogP contribution is 2.26. The smallest absolute Gasteiger partial charge is 0.0456 e. The molecule has 0 unspecified atom stereocenters. The summed E-state index contributed by atoms with van der Waals surface area (Å²) in [6.07, 6.45) is 4.12. The molecular formula is C16H23Cl2N. The quantitative estimate of drug-likeness (QED) is 0.544. The number of nitrogens with one attached hydrogen (secondary N) is 1. The van der Waals surface area contributed by atoms with E-state index in [1.165, 1.54) is 5.57 Å². The number of rotatable bonds is 7. The van der Waals surface area contributed by atoms with Crippen LogP contribution in [0.25, 0.3) is 0 Å². The van der Waals surface area contributed by atoms with E-state index in [-0.39, 0.29) is 0 Å². The first kappa shape index (κ1) is 16.6. The molecule has 0 aliphatic carbocycles.